The van der Waals surface area contributed by atoms with Gasteiger partial charge in [0.1, 0.15) is 0 Å². The van der Waals surface area contributed by atoms with Crippen LogP contribution in [0, 0.1) is 18.3 Å². The second kappa shape index (κ2) is 8.68. The molecule has 156 valence electrons. The molecule has 2 unspecified atom stereocenters. The number of hydrogen-bond acceptors (Lipinski definition) is 4. The quantitative estimate of drug-likeness (QED) is 0.591. The van der Waals surface area contributed by atoms with E-state index in [0.717, 1.165) is 29.4 Å². The molecule has 0 aliphatic heterocycles. The standard InChI is InChI=1S/C24H28N4O2/c1-5-9-17(3)28-21-13-18(15-25)16(2)12-20(21)26-23(28)27-22(29)14-24(4,30)19-10-7-6-8-11-19/h6-8,10-13,17,30H,5,9,14H2,1-4H3,(H,26,27,29). The molecular weight excluding hydrogens is 376 g/mol. The third-order valence-corrected chi connectivity index (χ3v) is 5.45. The summed E-state index contributed by atoms with van der Waals surface area (Å²) in [5, 5.41) is 23.1. The molecule has 0 spiro atoms. The molecule has 30 heavy (non-hydrogen) atoms. The second-order valence-corrected chi connectivity index (χ2v) is 8.08. The van der Waals surface area contributed by atoms with Crippen molar-refractivity contribution in [3.8, 4) is 6.07 Å². The Bertz CT molecular complexity index is 1090. The van der Waals surface area contributed by atoms with Crippen molar-refractivity contribution in [3.63, 3.8) is 0 Å². The molecule has 2 atom stereocenters. The fraction of sp³-hybridized carbons (Fsp3) is 0.375. The van der Waals surface area contributed by atoms with Crippen LogP contribution in [-0.2, 0) is 10.4 Å². The monoisotopic (exact) mass is 404 g/mol. The molecule has 0 aliphatic rings. The zero-order valence-electron chi connectivity index (χ0n) is 17.9. The smallest absolute Gasteiger partial charge is 0.229 e. The van der Waals surface area contributed by atoms with Crippen LogP contribution in [0.1, 0.15) is 62.8 Å². The highest BCUT2D eigenvalue weighted by molar-refractivity contribution is 5.92. The first-order valence-corrected chi connectivity index (χ1v) is 10.3. The molecule has 0 aliphatic carbocycles. The van der Waals surface area contributed by atoms with Gasteiger partial charge in [0.25, 0.3) is 0 Å². The number of rotatable bonds is 7. The van der Waals surface area contributed by atoms with Gasteiger partial charge in [0, 0.05) is 6.04 Å². The van der Waals surface area contributed by atoms with Gasteiger partial charge in [-0.2, -0.15) is 5.26 Å². The normalized spacial score (nSPS) is 14.1. The summed E-state index contributed by atoms with van der Waals surface area (Å²) in [6.07, 6.45) is 1.80. The minimum Gasteiger partial charge on any atom is -0.385 e. The van der Waals surface area contributed by atoms with Gasteiger partial charge in [-0.05, 0) is 50.5 Å². The van der Waals surface area contributed by atoms with Crippen LogP contribution < -0.4 is 5.32 Å². The Morgan fingerprint density at radius 3 is 2.67 bits per heavy atom. The summed E-state index contributed by atoms with van der Waals surface area (Å²) in [6.45, 7) is 7.69. The lowest BCUT2D eigenvalue weighted by Crippen LogP contribution is -2.29. The van der Waals surface area contributed by atoms with Gasteiger partial charge >= 0.3 is 0 Å². The lowest BCUT2D eigenvalue weighted by Gasteiger charge is -2.23. The van der Waals surface area contributed by atoms with Gasteiger partial charge in [0.15, 0.2) is 0 Å². The van der Waals surface area contributed by atoms with Crippen molar-refractivity contribution in [1.82, 2.24) is 9.55 Å². The number of aliphatic hydroxyl groups is 1. The summed E-state index contributed by atoms with van der Waals surface area (Å²) in [7, 11) is 0. The first-order valence-electron chi connectivity index (χ1n) is 10.3. The predicted octanol–water partition coefficient (Wildman–Crippen LogP) is 4.81. The number of nitriles is 1. The molecule has 3 rings (SSSR count). The molecule has 0 saturated carbocycles. The number of aromatic nitrogens is 2. The van der Waals surface area contributed by atoms with E-state index in [-0.39, 0.29) is 18.4 Å². The molecule has 1 aromatic heterocycles. The molecule has 1 heterocycles. The average molecular weight is 405 g/mol. The molecule has 0 fully saturated rings. The maximum Gasteiger partial charge on any atom is 0.229 e. The van der Waals surface area contributed by atoms with Crippen molar-refractivity contribution < 1.29 is 9.90 Å². The van der Waals surface area contributed by atoms with Crippen molar-refractivity contribution >= 4 is 22.9 Å². The van der Waals surface area contributed by atoms with Gasteiger partial charge in [-0.25, -0.2) is 4.98 Å². The van der Waals surface area contributed by atoms with Crippen LogP contribution in [-0.4, -0.2) is 20.6 Å². The average Bonchev–Trinajstić information content (AvgIpc) is 3.03. The molecule has 2 aromatic carbocycles. The Labute approximate surface area is 177 Å². The Kier molecular flexibility index (Phi) is 6.23. The summed E-state index contributed by atoms with van der Waals surface area (Å²) < 4.78 is 1.98. The highest BCUT2D eigenvalue weighted by atomic mass is 16.3. The molecule has 0 radical (unpaired) electrons. The van der Waals surface area contributed by atoms with Crippen molar-refractivity contribution in [3.05, 3.63) is 59.2 Å². The van der Waals surface area contributed by atoms with Crippen LogP contribution in [0.25, 0.3) is 11.0 Å². The molecule has 3 aromatic rings. The minimum atomic E-state index is -1.29. The SMILES string of the molecule is CCCC(C)n1c(NC(=O)CC(C)(O)c2ccccc2)nc2cc(C)c(C#N)cc21. The number of imidazole rings is 1. The Hall–Kier alpha value is -3.17. The lowest BCUT2D eigenvalue weighted by atomic mass is 9.92. The number of hydrogen-bond donors (Lipinski definition) is 2. The number of aryl methyl sites for hydroxylation is 1. The van der Waals surface area contributed by atoms with Crippen molar-refractivity contribution in [2.75, 3.05) is 5.32 Å². The van der Waals surface area contributed by atoms with Crippen molar-refractivity contribution in [2.45, 2.75) is 58.6 Å². The fourth-order valence-corrected chi connectivity index (χ4v) is 3.83. The van der Waals surface area contributed by atoms with E-state index in [0.29, 0.717) is 17.1 Å². The topological polar surface area (TPSA) is 90.9 Å². The fourth-order valence-electron chi connectivity index (χ4n) is 3.83. The van der Waals surface area contributed by atoms with Gasteiger partial charge < -0.3 is 9.67 Å². The highest BCUT2D eigenvalue weighted by Gasteiger charge is 2.28. The number of fused-ring (bicyclic) bond motifs is 1. The first kappa shape index (κ1) is 21.5. The van der Waals surface area contributed by atoms with Crippen LogP contribution in [0.5, 0.6) is 0 Å². The summed E-state index contributed by atoms with van der Waals surface area (Å²) in [5.74, 6) is 0.121. The molecule has 6 nitrogen and oxygen atoms in total. The number of carbonyl (C=O) groups is 1. The van der Waals surface area contributed by atoms with Crippen LogP contribution in [0.3, 0.4) is 0 Å². The maximum absolute atomic E-state index is 12.8. The molecule has 1 amide bonds. The predicted molar refractivity (Wildman–Crippen MR) is 118 cm³/mol. The molecular formula is C24H28N4O2. The minimum absolute atomic E-state index is 0.0924. The zero-order valence-corrected chi connectivity index (χ0v) is 17.9. The van der Waals surface area contributed by atoms with Gasteiger partial charge in [-0.3, -0.25) is 10.1 Å². The second-order valence-electron chi connectivity index (χ2n) is 8.08. The largest absolute Gasteiger partial charge is 0.385 e. The number of nitrogens with zero attached hydrogens (tertiary/aromatic N) is 3. The highest BCUT2D eigenvalue weighted by Crippen LogP contribution is 2.30. The third-order valence-electron chi connectivity index (χ3n) is 5.45. The van der Waals surface area contributed by atoms with Crippen molar-refractivity contribution in [2.24, 2.45) is 0 Å². The summed E-state index contributed by atoms with van der Waals surface area (Å²) >= 11 is 0. The third kappa shape index (κ3) is 4.37. The molecule has 2 N–H and O–H groups in total. The Morgan fingerprint density at radius 2 is 2.03 bits per heavy atom. The summed E-state index contributed by atoms with van der Waals surface area (Å²) in [5.41, 5.74) is 2.40. The van der Waals surface area contributed by atoms with E-state index in [1.54, 1.807) is 19.1 Å². The Morgan fingerprint density at radius 1 is 1.33 bits per heavy atom. The number of carbonyl (C=O) groups excluding carboxylic acids is 1. The van der Waals surface area contributed by atoms with E-state index in [1.807, 2.05) is 41.8 Å². The maximum atomic E-state index is 12.8. The number of nitrogens with one attached hydrogen (secondary N) is 1. The molecule has 6 heteroatoms. The van der Waals surface area contributed by atoms with Crippen LogP contribution in [0.15, 0.2) is 42.5 Å². The summed E-state index contributed by atoms with van der Waals surface area (Å²) in [4.78, 5) is 17.5. The van der Waals surface area contributed by atoms with Crippen molar-refractivity contribution in [1.29, 1.82) is 5.26 Å². The number of anilines is 1. The van der Waals surface area contributed by atoms with E-state index in [9.17, 15) is 15.2 Å². The van der Waals surface area contributed by atoms with Crippen LogP contribution in [0.4, 0.5) is 5.95 Å². The van der Waals surface area contributed by atoms with Gasteiger partial charge in [0.05, 0.1) is 34.7 Å². The molecule has 0 saturated heterocycles. The van der Waals surface area contributed by atoms with E-state index in [4.69, 9.17) is 0 Å². The summed E-state index contributed by atoms with van der Waals surface area (Å²) in [6, 6.07) is 15.2. The van der Waals surface area contributed by atoms with Crippen LogP contribution >= 0.6 is 0 Å². The van der Waals surface area contributed by atoms with Gasteiger partial charge in [-0.15, -0.1) is 0 Å². The number of amides is 1. The first-order chi connectivity index (χ1) is 14.3. The van der Waals surface area contributed by atoms with E-state index < -0.39 is 5.60 Å². The lowest BCUT2D eigenvalue weighted by molar-refractivity contribution is -0.120. The van der Waals surface area contributed by atoms with E-state index in [2.05, 4.69) is 30.2 Å². The number of benzene rings is 2. The van der Waals surface area contributed by atoms with Gasteiger partial charge in [-0.1, -0.05) is 43.7 Å². The van der Waals surface area contributed by atoms with Gasteiger partial charge in [0.2, 0.25) is 11.9 Å². The molecule has 0 bridgehead atoms. The van der Waals surface area contributed by atoms with Crippen LogP contribution in [0.2, 0.25) is 0 Å². The van der Waals surface area contributed by atoms with E-state index in [1.165, 1.54) is 0 Å². The Balaban J connectivity index is 1.95. The zero-order chi connectivity index (χ0) is 21.9. The van der Waals surface area contributed by atoms with E-state index >= 15 is 0 Å².